The maximum absolute atomic E-state index is 4.19. The molecule has 0 spiro atoms. The second kappa shape index (κ2) is 6.50. The Bertz CT molecular complexity index is 401. The number of hydrogen-bond donors (Lipinski definition) is 0. The van der Waals surface area contributed by atoms with Gasteiger partial charge in [-0.05, 0) is 28.7 Å². The average molecular weight is 312 g/mol. The molecule has 15 heavy (non-hydrogen) atoms. The smallest absolute Gasteiger partial charge is 0.117 e. The van der Waals surface area contributed by atoms with Gasteiger partial charge in [0.1, 0.15) is 10.0 Å². The second-order valence-corrected chi connectivity index (χ2v) is 3.70. The maximum atomic E-state index is 4.19. The zero-order chi connectivity index (χ0) is 11.1. The van der Waals surface area contributed by atoms with Gasteiger partial charge in [0.2, 0.25) is 0 Å². The second-order valence-electron chi connectivity index (χ2n) is 2.59. The van der Waals surface area contributed by atoms with Crippen LogP contribution in [-0.4, -0.2) is 9.97 Å². The summed E-state index contributed by atoms with van der Waals surface area (Å²) < 4.78 is 0.964. The van der Waals surface area contributed by atoms with Gasteiger partial charge >= 0.3 is 0 Å². The Morgan fingerprint density at radius 1 is 1.00 bits per heavy atom. The summed E-state index contributed by atoms with van der Waals surface area (Å²) in [5.74, 6) is 0. The third-order valence-electron chi connectivity index (χ3n) is 1.70. The van der Waals surface area contributed by atoms with E-state index in [9.17, 15) is 0 Å². The Kier molecular flexibility index (Phi) is 5.25. The summed E-state index contributed by atoms with van der Waals surface area (Å²) in [5, 5.41) is 0. The monoisotopic (exact) mass is 312 g/mol. The van der Waals surface area contributed by atoms with Gasteiger partial charge in [-0.3, -0.25) is 0 Å². The summed E-state index contributed by atoms with van der Waals surface area (Å²) in [4.78, 5) is 8.23. The maximum Gasteiger partial charge on any atom is 0.117 e. The summed E-state index contributed by atoms with van der Waals surface area (Å²) in [5.41, 5.74) is 2.10. The first kappa shape index (κ1) is 12.1. The molecule has 0 amide bonds. The fourth-order valence-electron chi connectivity index (χ4n) is 1.10. The lowest BCUT2D eigenvalue weighted by Gasteiger charge is -1.98. The van der Waals surface area contributed by atoms with Crippen molar-refractivity contribution in [2.45, 2.75) is 13.8 Å². The van der Waals surface area contributed by atoms with Crippen LogP contribution in [0.4, 0.5) is 0 Å². The highest BCUT2D eigenvalue weighted by molar-refractivity contribution is 14.1. The Balaban J connectivity index is 0.000000531. The van der Waals surface area contributed by atoms with E-state index >= 15 is 0 Å². The van der Waals surface area contributed by atoms with Gasteiger partial charge in [-0.1, -0.05) is 44.2 Å². The molecule has 0 radical (unpaired) electrons. The molecule has 0 aliphatic heterocycles. The van der Waals surface area contributed by atoms with E-state index < -0.39 is 0 Å². The minimum Gasteiger partial charge on any atom is -0.236 e. The van der Waals surface area contributed by atoms with Crippen molar-refractivity contribution >= 4 is 22.6 Å². The van der Waals surface area contributed by atoms with Gasteiger partial charge in [0.25, 0.3) is 0 Å². The molecule has 0 unspecified atom stereocenters. The molecular weight excluding hydrogens is 299 g/mol. The van der Waals surface area contributed by atoms with E-state index in [2.05, 4.69) is 32.6 Å². The Hall–Kier alpha value is -0.970. The molecule has 0 aliphatic carbocycles. The summed E-state index contributed by atoms with van der Waals surface area (Å²) in [7, 11) is 0. The molecule has 0 N–H and O–H groups in total. The lowest BCUT2D eigenvalue weighted by Crippen LogP contribution is -1.86. The SMILES string of the molecule is CC.Ic1cc(-c2ccccc2)ncn1. The predicted octanol–water partition coefficient (Wildman–Crippen LogP) is 3.77. The van der Waals surface area contributed by atoms with Crippen molar-refractivity contribution in [3.63, 3.8) is 0 Å². The fraction of sp³-hybridized carbons (Fsp3) is 0.167. The van der Waals surface area contributed by atoms with Gasteiger partial charge in [-0.15, -0.1) is 0 Å². The highest BCUT2D eigenvalue weighted by atomic mass is 127. The first-order valence-electron chi connectivity index (χ1n) is 4.89. The van der Waals surface area contributed by atoms with E-state index in [0.717, 1.165) is 15.0 Å². The molecule has 1 heterocycles. The van der Waals surface area contributed by atoms with Crippen molar-refractivity contribution in [3.05, 3.63) is 46.4 Å². The number of nitrogens with zero attached hydrogens (tertiary/aromatic N) is 2. The van der Waals surface area contributed by atoms with Crippen LogP contribution in [0.15, 0.2) is 42.7 Å². The van der Waals surface area contributed by atoms with E-state index in [-0.39, 0.29) is 0 Å². The van der Waals surface area contributed by atoms with Crippen LogP contribution >= 0.6 is 22.6 Å². The molecule has 3 heteroatoms. The first-order valence-corrected chi connectivity index (χ1v) is 5.97. The number of benzene rings is 1. The van der Waals surface area contributed by atoms with E-state index in [0.29, 0.717) is 0 Å². The standard InChI is InChI=1S/C10H7IN2.C2H6/c11-10-6-9(12-7-13-10)8-4-2-1-3-5-8;1-2/h1-7H;1-2H3. The summed E-state index contributed by atoms with van der Waals surface area (Å²) in [6.45, 7) is 4.00. The minimum atomic E-state index is 0.964. The third kappa shape index (κ3) is 3.58. The van der Waals surface area contributed by atoms with Crippen molar-refractivity contribution < 1.29 is 0 Å². The van der Waals surface area contributed by atoms with Crippen LogP contribution < -0.4 is 0 Å². The predicted molar refractivity (Wildman–Crippen MR) is 71.5 cm³/mol. The lowest BCUT2D eigenvalue weighted by atomic mass is 10.1. The van der Waals surface area contributed by atoms with E-state index in [1.807, 2.05) is 50.2 Å². The number of aromatic nitrogens is 2. The molecular formula is C12H13IN2. The van der Waals surface area contributed by atoms with E-state index in [1.54, 1.807) is 6.33 Å². The molecule has 0 aliphatic rings. The van der Waals surface area contributed by atoms with Gasteiger partial charge in [0.15, 0.2) is 0 Å². The van der Waals surface area contributed by atoms with E-state index in [1.165, 1.54) is 0 Å². The third-order valence-corrected chi connectivity index (χ3v) is 2.29. The van der Waals surface area contributed by atoms with E-state index in [4.69, 9.17) is 0 Å². The molecule has 2 aromatic rings. The van der Waals surface area contributed by atoms with Gasteiger partial charge in [-0.2, -0.15) is 0 Å². The highest BCUT2D eigenvalue weighted by Crippen LogP contribution is 2.16. The van der Waals surface area contributed by atoms with Gasteiger partial charge in [-0.25, -0.2) is 9.97 Å². The molecule has 0 bridgehead atoms. The minimum absolute atomic E-state index is 0.964. The van der Waals surface area contributed by atoms with Crippen LogP contribution in [0.1, 0.15) is 13.8 Å². The van der Waals surface area contributed by atoms with Gasteiger partial charge in [0, 0.05) is 5.56 Å². The molecule has 78 valence electrons. The van der Waals surface area contributed by atoms with Crippen LogP contribution in [0, 0.1) is 3.70 Å². The molecule has 0 saturated carbocycles. The van der Waals surface area contributed by atoms with Crippen LogP contribution in [0.5, 0.6) is 0 Å². The molecule has 1 aromatic carbocycles. The number of hydrogen-bond acceptors (Lipinski definition) is 2. The lowest BCUT2D eigenvalue weighted by molar-refractivity contribution is 1.14. The van der Waals surface area contributed by atoms with Crippen molar-refractivity contribution in [1.29, 1.82) is 0 Å². The fourth-order valence-corrected chi connectivity index (χ4v) is 1.52. The van der Waals surface area contributed by atoms with Crippen molar-refractivity contribution in [1.82, 2.24) is 9.97 Å². The quantitative estimate of drug-likeness (QED) is 0.592. The van der Waals surface area contributed by atoms with Crippen LogP contribution in [0.25, 0.3) is 11.3 Å². The van der Waals surface area contributed by atoms with Crippen LogP contribution in [0.3, 0.4) is 0 Å². The summed E-state index contributed by atoms with van der Waals surface area (Å²) in [6, 6.07) is 12.1. The molecule has 0 saturated heterocycles. The summed E-state index contributed by atoms with van der Waals surface area (Å²) >= 11 is 2.18. The molecule has 2 rings (SSSR count). The zero-order valence-corrected chi connectivity index (χ0v) is 11.0. The Morgan fingerprint density at radius 3 is 2.27 bits per heavy atom. The van der Waals surface area contributed by atoms with Gasteiger partial charge < -0.3 is 0 Å². The highest BCUT2D eigenvalue weighted by Gasteiger charge is 1.97. The topological polar surface area (TPSA) is 25.8 Å². The number of halogens is 1. The average Bonchev–Trinajstić information content (AvgIpc) is 2.33. The Morgan fingerprint density at radius 2 is 1.67 bits per heavy atom. The number of rotatable bonds is 1. The van der Waals surface area contributed by atoms with Crippen molar-refractivity contribution in [2.24, 2.45) is 0 Å². The van der Waals surface area contributed by atoms with Gasteiger partial charge in [0.05, 0.1) is 5.69 Å². The Labute approximate surface area is 104 Å². The zero-order valence-electron chi connectivity index (χ0n) is 8.81. The van der Waals surface area contributed by atoms with Crippen molar-refractivity contribution in [3.8, 4) is 11.3 Å². The normalized spacial score (nSPS) is 9.00. The van der Waals surface area contributed by atoms with Crippen molar-refractivity contribution in [2.75, 3.05) is 0 Å². The molecule has 1 aromatic heterocycles. The largest absolute Gasteiger partial charge is 0.236 e. The molecule has 0 atom stereocenters. The molecule has 0 fully saturated rings. The van der Waals surface area contributed by atoms with Crippen LogP contribution in [-0.2, 0) is 0 Å². The first-order chi connectivity index (χ1) is 7.36. The summed E-state index contributed by atoms with van der Waals surface area (Å²) in [6.07, 6.45) is 1.59. The van der Waals surface area contributed by atoms with Crippen LogP contribution in [0.2, 0.25) is 0 Å². The molecule has 2 nitrogen and oxygen atoms in total.